The molecule has 104 valence electrons. The van der Waals surface area contributed by atoms with Gasteiger partial charge in [0.05, 0.1) is 6.42 Å². The fourth-order valence-corrected chi connectivity index (χ4v) is 1.89. The highest BCUT2D eigenvalue weighted by atomic mass is 19.4. The number of aliphatic carboxylic acids is 1. The van der Waals surface area contributed by atoms with Crippen LogP contribution in [0.5, 0.6) is 0 Å². The van der Waals surface area contributed by atoms with E-state index in [1.165, 1.54) is 0 Å². The molecule has 1 aliphatic rings. The van der Waals surface area contributed by atoms with Crippen molar-refractivity contribution in [1.82, 2.24) is 5.32 Å². The third kappa shape index (κ3) is 4.52. The average Bonchev–Trinajstić information content (AvgIpc) is 2.27. The number of nitrogens with one attached hydrogen (secondary N) is 1. The van der Waals surface area contributed by atoms with Gasteiger partial charge in [0.25, 0.3) is 0 Å². The summed E-state index contributed by atoms with van der Waals surface area (Å²) in [6.45, 7) is 0.728. The number of amides is 1. The van der Waals surface area contributed by atoms with E-state index < -0.39 is 30.5 Å². The summed E-state index contributed by atoms with van der Waals surface area (Å²) in [6.07, 6.45) is -4.64. The maximum Gasteiger partial charge on any atom is 0.471 e. The Hall–Kier alpha value is -1.31. The van der Waals surface area contributed by atoms with Gasteiger partial charge in [-0.05, 0) is 18.8 Å². The second kappa shape index (κ2) is 6.03. The smallest absolute Gasteiger partial charge is 0.471 e. The summed E-state index contributed by atoms with van der Waals surface area (Å²) in [4.78, 5) is 21.5. The van der Waals surface area contributed by atoms with Crippen molar-refractivity contribution in [2.24, 2.45) is 5.92 Å². The zero-order chi connectivity index (χ0) is 13.8. The van der Waals surface area contributed by atoms with Crippen LogP contribution in [0.15, 0.2) is 0 Å². The van der Waals surface area contributed by atoms with Crippen LogP contribution in [0.4, 0.5) is 13.2 Å². The van der Waals surface area contributed by atoms with Gasteiger partial charge in [-0.1, -0.05) is 0 Å². The molecule has 0 saturated carbocycles. The first-order valence-electron chi connectivity index (χ1n) is 5.48. The molecule has 1 amide bonds. The van der Waals surface area contributed by atoms with Gasteiger partial charge in [0.2, 0.25) is 0 Å². The number of hydrogen-bond donors (Lipinski definition) is 2. The number of halogens is 3. The topological polar surface area (TPSA) is 75.6 Å². The largest absolute Gasteiger partial charge is 0.481 e. The predicted octanol–water partition coefficient (Wildman–Crippen LogP) is 0.935. The Bertz CT molecular complexity index is 313. The number of carboxylic acids is 1. The highest BCUT2D eigenvalue weighted by Crippen LogP contribution is 2.23. The number of carbonyl (C=O) groups excluding carboxylic acids is 1. The highest BCUT2D eigenvalue weighted by Gasteiger charge is 2.41. The lowest BCUT2D eigenvalue weighted by Crippen LogP contribution is -2.48. The summed E-state index contributed by atoms with van der Waals surface area (Å²) in [7, 11) is 0. The lowest BCUT2D eigenvalue weighted by molar-refractivity contribution is -0.175. The Balaban J connectivity index is 2.65. The van der Waals surface area contributed by atoms with Gasteiger partial charge in [0, 0.05) is 19.3 Å². The van der Waals surface area contributed by atoms with Crippen molar-refractivity contribution in [3.63, 3.8) is 0 Å². The van der Waals surface area contributed by atoms with Crippen molar-refractivity contribution in [2.45, 2.75) is 31.5 Å². The van der Waals surface area contributed by atoms with E-state index >= 15 is 0 Å². The molecule has 0 bridgehead atoms. The quantitative estimate of drug-likeness (QED) is 0.796. The average molecular weight is 269 g/mol. The van der Waals surface area contributed by atoms with E-state index in [0.29, 0.717) is 26.1 Å². The van der Waals surface area contributed by atoms with Crippen LogP contribution in [0, 0.1) is 5.92 Å². The van der Waals surface area contributed by atoms with Crippen LogP contribution < -0.4 is 5.32 Å². The molecule has 1 rings (SSSR count). The maximum absolute atomic E-state index is 12.1. The second-order valence-electron chi connectivity index (χ2n) is 4.13. The molecule has 1 saturated heterocycles. The molecule has 8 heteroatoms. The summed E-state index contributed by atoms with van der Waals surface area (Å²) >= 11 is 0. The summed E-state index contributed by atoms with van der Waals surface area (Å²) in [5.41, 5.74) is 0. The highest BCUT2D eigenvalue weighted by molar-refractivity contribution is 5.82. The van der Waals surface area contributed by atoms with Gasteiger partial charge in [-0.25, -0.2) is 0 Å². The fourth-order valence-electron chi connectivity index (χ4n) is 1.89. The molecule has 1 heterocycles. The predicted molar refractivity (Wildman–Crippen MR) is 53.8 cm³/mol. The summed E-state index contributed by atoms with van der Waals surface area (Å²) in [6, 6.07) is -1.01. The van der Waals surface area contributed by atoms with Crippen molar-refractivity contribution >= 4 is 11.9 Å². The zero-order valence-electron chi connectivity index (χ0n) is 9.50. The van der Waals surface area contributed by atoms with Crippen LogP contribution in [-0.4, -0.2) is 42.4 Å². The molecule has 1 unspecified atom stereocenters. The molecule has 1 aliphatic heterocycles. The van der Waals surface area contributed by atoms with Gasteiger partial charge in [-0.2, -0.15) is 13.2 Å². The molecule has 2 N–H and O–H groups in total. The molecule has 0 radical (unpaired) electrons. The molecule has 0 aromatic rings. The lowest BCUT2D eigenvalue weighted by atomic mass is 9.89. The molecule has 0 aromatic heterocycles. The van der Waals surface area contributed by atoms with Gasteiger partial charge >= 0.3 is 18.1 Å². The standard InChI is InChI=1S/C10H14F3NO4/c11-10(12,13)9(17)14-7(5-8(15)16)6-1-3-18-4-2-6/h6-7H,1-5H2,(H,14,17)(H,15,16). The molecule has 1 fully saturated rings. The van der Waals surface area contributed by atoms with E-state index in [0.717, 1.165) is 0 Å². The van der Waals surface area contributed by atoms with E-state index in [2.05, 4.69) is 0 Å². The van der Waals surface area contributed by atoms with Gasteiger partial charge in [-0.15, -0.1) is 0 Å². The van der Waals surface area contributed by atoms with Crippen LogP contribution >= 0.6 is 0 Å². The molecule has 1 atom stereocenters. The van der Waals surface area contributed by atoms with E-state index in [4.69, 9.17) is 9.84 Å². The minimum absolute atomic E-state index is 0.304. The third-order valence-electron chi connectivity index (χ3n) is 2.80. The first-order valence-corrected chi connectivity index (χ1v) is 5.48. The number of hydrogen-bond acceptors (Lipinski definition) is 3. The van der Waals surface area contributed by atoms with Gasteiger partial charge in [0.1, 0.15) is 0 Å². The maximum atomic E-state index is 12.1. The minimum atomic E-state index is -5.00. The Morgan fingerprint density at radius 3 is 2.33 bits per heavy atom. The first-order chi connectivity index (χ1) is 8.30. The second-order valence-corrected chi connectivity index (χ2v) is 4.13. The first kappa shape index (κ1) is 14.7. The molecular formula is C10H14F3NO4. The van der Waals surface area contributed by atoms with Gasteiger partial charge in [0.15, 0.2) is 0 Å². The van der Waals surface area contributed by atoms with E-state index in [9.17, 15) is 22.8 Å². The number of carboxylic acid groups (broad SMARTS) is 1. The van der Waals surface area contributed by atoms with Crippen molar-refractivity contribution in [1.29, 1.82) is 0 Å². The van der Waals surface area contributed by atoms with Crippen molar-refractivity contribution in [3.8, 4) is 0 Å². The van der Waals surface area contributed by atoms with Crippen LogP contribution in [0.1, 0.15) is 19.3 Å². The molecular weight excluding hydrogens is 255 g/mol. The fraction of sp³-hybridized carbons (Fsp3) is 0.800. The summed E-state index contributed by atoms with van der Waals surface area (Å²) in [5, 5.41) is 10.4. The Labute approximate surface area is 101 Å². The zero-order valence-corrected chi connectivity index (χ0v) is 9.50. The van der Waals surface area contributed by atoms with Crippen molar-refractivity contribution < 1.29 is 32.6 Å². The normalized spacial score (nSPS) is 19.3. The third-order valence-corrected chi connectivity index (χ3v) is 2.80. The van der Waals surface area contributed by atoms with E-state index in [1.807, 2.05) is 0 Å². The van der Waals surface area contributed by atoms with Crippen molar-refractivity contribution in [3.05, 3.63) is 0 Å². The Kier molecular flexibility index (Phi) is 4.94. The Morgan fingerprint density at radius 1 is 1.33 bits per heavy atom. The van der Waals surface area contributed by atoms with Crippen molar-refractivity contribution in [2.75, 3.05) is 13.2 Å². The van der Waals surface area contributed by atoms with Gasteiger partial charge in [-0.3, -0.25) is 9.59 Å². The van der Waals surface area contributed by atoms with E-state index in [-0.39, 0.29) is 5.92 Å². The minimum Gasteiger partial charge on any atom is -0.481 e. The monoisotopic (exact) mass is 269 g/mol. The van der Waals surface area contributed by atoms with Crippen LogP contribution in [-0.2, 0) is 14.3 Å². The number of ether oxygens (including phenoxy) is 1. The number of alkyl halides is 3. The SMILES string of the molecule is O=C(O)CC(NC(=O)C(F)(F)F)C1CCOCC1. The molecule has 0 spiro atoms. The molecule has 18 heavy (non-hydrogen) atoms. The lowest BCUT2D eigenvalue weighted by Gasteiger charge is -2.30. The summed E-state index contributed by atoms with van der Waals surface area (Å²) in [5.74, 6) is -3.64. The van der Waals surface area contributed by atoms with Crippen LogP contribution in [0.2, 0.25) is 0 Å². The Morgan fingerprint density at radius 2 is 1.89 bits per heavy atom. The van der Waals surface area contributed by atoms with Crippen LogP contribution in [0.25, 0.3) is 0 Å². The van der Waals surface area contributed by atoms with Crippen LogP contribution in [0.3, 0.4) is 0 Å². The number of rotatable bonds is 4. The number of carbonyl (C=O) groups is 2. The summed E-state index contributed by atoms with van der Waals surface area (Å²) < 4.78 is 41.4. The van der Waals surface area contributed by atoms with Gasteiger partial charge < -0.3 is 15.2 Å². The molecule has 0 aliphatic carbocycles. The molecule has 5 nitrogen and oxygen atoms in total. The molecule has 0 aromatic carbocycles. The van der Waals surface area contributed by atoms with E-state index in [1.54, 1.807) is 5.32 Å².